The lowest BCUT2D eigenvalue weighted by Gasteiger charge is -1.83. The molecule has 0 aliphatic carbocycles. The molecule has 0 bridgehead atoms. The fourth-order valence-corrected chi connectivity index (χ4v) is 1.63. The average molecular weight is 265 g/mol. The number of hydrogen-bond donors (Lipinski definition) is 1. The van der Waals surface area contributed by atoms with Crippen LogP contribution in [0.25, 0.3) is 0 Å². The molecule has 0 unspecified atom stereocenters. The number of aromatic amines is 1. The summed E-state index contributed by atoms with van der Waals surface area (Å²) in [7, 11) is 0. The number of halogens is 2. The van der Waals surface area contributed by atoms with E-state index in [4.69, 9.17) is 5.26 Å². The van der Waals surface area contributed by atoms with E-state index in [2.05, 4.69) is 41.8 Å². The summed E-state index contributed by atoms with van der Waals surface area (Å²) in [4.78, 5) is 6.84. The maximum atomic E-state index is 8.32. The number of H-pyrrole nitrogens is 1. The highest BCUT2D eigenvalue weighted by atomic mass is 79.9. The van der Waals surface area contributed by atoms with Gasteiger partial charge in [-0.25, -0.2) is 4.98 Å². The van der Waals surface area contributed by atoms with E-state index >= 15 is 0 Å². The molecule has 3 nitrogen and oxygen atoms in total. The Morgan fingerprint density at radius 2 is 2.30 bits per heavy atom. The second kappa shape index (κ2) is 3.17. The van der Waals surface area contributed by atoms with Gasteiger partial charge in [0.15, 0.2) is 4.73 Å². The van der Waals surface area contributed by atoms with Crippen molar-refractivity contribution in [1.29, 1.82) is 5.26 Å². The number of imidazole rings is 1. The molecular weight excluding hydrogens is 262 g/mol. The summed E-state index contributed by atoms with van der Waals surface area (Å²) < 4.78 is 1.34. The van der Waals surface area contributed by atoms with Crippen LogP contribution in [0, 0.1) is 11.3 Å². The lowest BCUT2D eigenvalue weighted by atomic mass is 10.4. The highest BCUT2D eigenvalue weighted by Crippen LogP contribution is 2.16. The summed E-state index contributed by atoms with van der Waals surface area (Å²) in [5, 5.41) is 8.32. The lowest BCUT2D eigenvalue weighted by molar-refractivity contribution is 1.13. The molecule has 0 amide bonds. The van der Waals surface area contributed by atoms with Gasteiger partial charge >= 0.3 is 0 Å². The fourth-order valence-electron chi connectivity index (χ4n) is 0.554. The monoisotopic (exact) mass is 263 g/mol. The molecule has 5 heteroatoms. The highest BCUT2D eigenvalue weighted by molar-refractivity contribution is 9.11. The first-order chi connectivity index (χ1) is 4.74. The van der Waals surface area contributed by atoms with Gasteiger partial charge < -0.3 is 4.98 Å². The minimum atomic E-state index is 0.346. The maximum absolute atomic E-state index is 8.32. The minimum absolute atomic E-state index is 0.346. The van der Waals surface area contributed by atoms with Crippen LogP contribution in [0.1, 0.15) is 5.69 Å². The Morgan fingerprint density at radius 1 is 1.60 bits per heavy atom. The Bertz CT molecular complexity index is 273. The van der Waals surface area contributed by atoms with E-state index in [1.54, 1.807) is 0 Å². The molecule has 0 atom stereocenters. The Balaban J connectivity index is 2.94. The summed E-state index contributed by atoms with van der Waals surface area (Å²) in [5.74, 6) is 0. The zero-order chi connectivity index (χ0) is 7.56. The van der Waals surface area contributed by atoms with Crippen molar-refractivity contribution in [3.63, 3.8) is 0 Å². The first-order valence-corrected chi connectivity index (χ1v) is 4.09. The Kier molecular flexibility index (Phi) is 2.46. The molecule has 1 rings (SSSR count). The number of nitriles is 1. The van der Waals surface area contributed by atoms with E-state index in [1.165, 1.54) is 0 Å². The Hall–Kier alpha value is -0.340. The largest absolute Gasteiger partial charge is 0.335 e. The number of nitrogens with one attached hydrogen (secondary N) is 1. The van der Waals surface area contributed by atoms with Crippen molar-refractivity contribution in [1.82, 2.24) is 9.97 Å². The zero-order valence-corrected chi connectivity index (χ0v) is 8.03. The van der Waals surface area contributed by atoms with E-state index in [1.807, 2.05) is 6.07 Å². The first kappa shape index (κ1) is 7.76. The van der Waals surface area contributed by atoms with Crippen LogP contribution in [0.4, 0.5) is 0 Å². The summed E-state index contributed by atoms with van der Waals surface area (Å²) in [6, 6.07) is 2.02. The van der Waals surface area contributed by atoms with Gasteiger partial charge in [0.05, 0.1) is 18.2 Å². The molecule has 10 heavy (non-hydrogen) atoms. The smallest absolute Gasteiger partial charge is 0.175 e. The van der Waals surface area contributed by atoms with Crippen molar-refractivity contribution >= 4 is 31.9 Å². The van der Waals surface area contributed by atoms with Crippen molar-refractivity contribution in [3.05, 3.63) is 15.0 Å². The van der Waals surface area contributed by atoms with Crippen LogP contribution in [0.3, 0.4) is 0 Å². The molecule has 0 aliphatic rings. The third kappa shape index (κ3) is 1.58. The predicted molar refractivity (Wildman–Crippen MR) is 43.3 cm³/mol. The average Bonchev–Trinajstić information content (AvgIpc) is 2.13. The van der Waals surface area contributed by atoms with Gasteiger partial charge in [0, 0.05) is 0 Å². The Morgan fingerprint density at radius 3 is 2.70 bits per heavy atom. The predicted octanol–water partition coefficient (Wildman–Crippen LogP) is 2.00. The molecule has 0 saturated carbocycles. The van der Waals surface area contributed by atoms with Crippen molar-refractivity contribution < 1.29 is 0 Å². The van der Waals surface area contributed by atoms with Gasteiger partial charge in [-0.2, -0.15) is 5.26 Å². The quantitative estimate of drug-likeness (QED) is 0.844. The summed E-state index contributed by atoms with van der Waals surface area (Å²) in [5.41, 5.74) is 0.800. The number of nitrogens with zero attached hydrogens (tertiary/aromatic N) is 2. The number of aromatic nitrogens is 2. The van der Waals surface area contributed by atoms with Crippen LogP contribution in [0.2, 0.25) is 0 Å². The van der Waals surface area contributed by atoms with Gasteiger partial charge in [0.2, 0.25) is 0 Å². The van der Waals surface area contributed by atoms with Crippen LogP contribution < -0.4 is 0 Å². The van der Waals surface area contributed by atoms with Crippen molar-refractivity contribution in [2.24, 2.45) is 0 Å². The topological polar surface area (TPSA) is 52.5 Å². The van der Waals surface area contributed by atoms with E-state index in [9.17, 15) is 0 Å². The van der Waals surface area contributed by atoms with E-state index in [0.717, 1.165) is 5.69 Å². The second-order valence-electron chi connectivity index (χ2n) is 1.63. The Labute approximate surface area is 74.7 Å². The minimum Gasteiger partial charge on any atom is -0.335 e. The molecule has 1 aromatic heterocycles. The van der Waals surface area contributed by atoms with E-state index in [-0.39, 0.29) is 0 Å². The van der Waals surface area contributed by atoms with Crippen molar-refractivity contribution in [2.45, 2.75) is 6.42 Å². The van der Waals surface area contributed by atoms with Crippen LogP contribution in [0.15, 0.2) is 9.34 Å². The van der Waals surface area contributed by atoms with Gasteiger partial charge in [-0.05, 0) is 31.9 Å². The number of rotatable bonds is 1. The fraction of sp³-hybridized carbons (Fsp3) is 0.200. The van der Waals surface area contributed by atoms with Crippen molar-refractivity contribution in [2.75, 3.05) is 0 Å². The summed E-state index contributed by atoms with van der Waals surface area (Å²) >= 11 is 6.34. The van der Waals surface area contributed by atoms with E-state index in [0.29, 0.717) is 15.8 Å². The molecule has 1 aromatic rings. The molecule has 0 aliphatic heterocycles. The molecule has 0 radical (unpaired) electrons. The van der Waals surface area contributed by atoms with Crippen molar-refractivity contribution in [3.8, 4) is 6.07 Å². The van der Waals surface area contributed by atoms with Crippen LogP contribution in [-0.2, 0) is 6.42 Å². The molecular formula is C5H3Br2N3. The molecule has 1 N–H and O–H groups in total. The standard InChI is InChI=1S/C5H3Br2N3/c6-4-3(1-2-8)9-5(7)10-4/h1H2,(H,9,10). The van der Waals surface area contributed by atoms with Gasteiger partial charge in [0.25, 0.3) is 0 Å². The highest BCUT2D eigenvalue weighted by Gasteiger charge is 2.03. The van der Waals surface area contributed by atoms with Gasteiger partial charge in [-0.15, -0.1) is 0 Å². The van der Waals surface area contributed by atoms with Gasteiger partial charge in [-0.1, -0.05) is 0 Å². The summed E-state index contributed by atoms with van der Waals surface area (Å²) in [6.07, 6.45) is 0.346. The van der Waals surface area contributed by atoms with Crippen LogP contribution in [0.5, 0.6) is 0 Å². The maximum Gasteiger partial charge on any atom is 0.175 e. The molecule has 0 aromatic carbocycles. The van der Waals surface area contributed by atoms with Crippen LogP contribution in [-0.4, -0.2) is 9.97 Å². The normalized spacial score (nSPS) is 9.30. The van der Waals surface area contributed by atoms with Crippen LogP contribution >= 0.6 is 31.9 Å². The SMILES string of the molecule is N#CCc1[nH]c(Br)nc1Br. The molecule has 52 valence electrons. The third-order valence-electron chi connectivity index (χ3n) is 0.955. The zero-order valence-electron chi connectivity index (χ0n) is 4.86. The molecule has 1 heterocycles. The number of hydrogen-bond acceptors (Lipinski definition) is 2. The molecule has 0 spiro atoms. The summed E-state index contributed by atoms with van der Waals surface area (Å²) in [6.45, 7) is 0. The molecule has 0 saturated heterocycles. The molecule has 0 fully saturated rings. The van der Waals surface area contributed by atoms with E-state index < -0.39 is 0 Å². The lowest BCUT2D eigenvalue weighted by Crippen LogP contribution is -1.80. The van der Waals surface area contributed by atoms with Gasteiger partial charge in [0.1, 0.15) is 4.60 Å². The second-order valence-corrected chi connectivity index (χ2v) is 3.13. The first-order valence-electron chi connectivity index (χ1n) is 2.51. The van der Waals surface area contributed by atoms with Gasteiger partial charge in [-0.3, -0.25) is 0 Å². The third-order valence-corrected chi connectivity index (χ3v) is 1.99.